The van der Waals surface area contributed by atoms with Crippen LogP contribution in [0.1, 0.15) is 34.6 Å². The van der Waals surface area contributed by atoms with E-state index in [1.54, 1.807) is 19.0 Å². The number of nitrogens with zero attached hydrogens (tertiary/aromatic N) is 1. The summed E-state index contributed by atoms with van der Waals surface area (Å²) in [6.45, 7) is 14.9. The molecule has 0 aromatic heterocycles. The first-order chi connectivity index (χ1) is 9.99. The van der Waals surface area contributed by atoms with Crippen molar-refractivity contribution in [3.8, 4) is 0 Å². The van der Waals surface area contributed by atoms with Gasteiger partial charge in [0.05, 0.1) is 0 Å². The summed E-state index contributed by atoms with van der Waals surface area (Å²) in [7, 11) is 3.51. The Morgan fingerprint density at radius 3 is 2.14 bits per heavy atom. The van der Waals surface area contributed by atoms with E-state index in [2.05, 4.69) is 12.2 Å². The predicted octanol–water partition coefficient (Wildman–Crippen LogP) is 2.40. The molecule has 7 heteroatoms. The summed E-state index contributed by atoms with van der Waals surface area (Å²) in [6.07, 6.45) is 0. The molecule has 1 N–H and O–H groups in total. The van der Waals surface area contributed by atoms with Crippen LogP contribution in [0.3, 0.4) is 0 Å². The largest absolute Gasteiger partial charge is 0 e. The van der Waals surface area contributed by atoms with Crippen molar-refractivity contribution in [2.24, 2.45) is 0 Å². The number of hydrogen-bond acceptors (Lipinski definition) is 3. The first kappa shape index (κ1) is 30.3. The number of ether oxygens (including phenoxy) is 1. The molecule has 0 saturated carbocycles. The van der Waals surface area contributed by atoms with E-state index in [4.69, 9.17) is 4.74 Å². The van der Waals surface area contributed by atoms with Crippen molar-refractivity contribution >= 4 is 11.8 Å². The first-order valence-electron chi connectivity index (χ1n) is 7.84. The van der Waals surface area contributed by atoms with Gasteiger partial charge in [-0.1, -0.05) is 27.7 Å². The van der Waals surface area contributed by atoms with Crippen LogP contribution < -0.4 is 5.32 Å². The van der Waals surface area contributed by atoms with Gasteiger partial charge >= 0.3 is 116 Å². The number of hydrogen-bond donors (Lipinski definition) is 1. The molecule has 0 aliphatic heterocycles. The molecule has 0 aliphatic carbocycles. The molecule has 0 rings (SSSR count). The van der Waals surface area contributed by atoms with Gasteiger partial charge in [0.2, 0.25) is 0 Å². The number of carbonyl (C=O) groups excluding carboxylic acids is 2. The standard InChI is InChI=1S/C6H11NO2.C5H10NO.2C2H6.Hg.V/c1-3-9-5-4-7-6(2)8;1-4-5(7)6(2)3;2*1-2;;/h1-5H2,(H,7,8);4H,1-3H3;2*1-2H3;;/q-1;;;;;. The van der Waals surface area contributed by atoms with Crippen LogP contribution in [0, 0.1) is 6.92 Å². The van der Waals surface area contributed by atoms with E-state index in [9.17, 15) is 9.59 Å². The average Bonchev–Trinajstić information content (AvgIpc) is 2.52. The van der Waals surface area contributed by atoms with E-state index in [0.717, 1.165) is 0 Å². The second-order valence-corrected chi connectivity index (χ2v) is 13.1. The van der Waals surface area contributed by atoms with Gasteiger partial charge in [-0.15, -0.1) is 0 Å². The van der Waals surface area contributed by atoms with Crippen molar-refractivity contribution < 1.29 is 57.5 Å². The zero-order valence-electron chi connectivity index (χ0n) is 15.4. The van der Waals surface area contributed by atoms with Crippen LogP contribution in [-0.4, -0.2) is 50.6 Å². The van der Waals surface area contributed by atoms with Gasteiger partial charge in [-0.05, 0) is 0 Å². The first-order valence-corrected chi connectivity index (χ1v) is 14.9. The van der Waals surface area contributed by atoms with Crippen LogP contribution in [0.15, 0.2) is 0 Å². The normalized spacial score (nSPS) is 9.45. The van der Waals surface area contributed by atoms with E-state index < -0.39 is 24.6 Å². The number of amides is 2. The summed E-state index contributed by atoms with van der Waals surface area (Å²) in [6, 6.07) is 0. The minimum Gasteiger partial charge on any atom is 0 e. The molecular weight excluding hydrogens is 508 g/mol. The second kappa shape index (κ2) is 23.7. The Bertz CT molecular complexity index is 255. The van der Waals surface area contributed by atoms with Gasteiger partial charge in [-0.3, -0.25) is 0 Å². The molecule has 1 atom stereocenters. The molecule has 129 valence electrons. The fourth-order valence-corrected chi connectivity index (χ4v) is 7.13. The average molecular weight is 541 g/mol. The van der Waals surface area contributed by atoms with Gasteiger partial charge in [0.25, 0.3) is 0 Å². The molecule has 22 heavy (non-hydrogen) atoms. The maximum absolute atomic E-state index is 11.6. The molecular formula is C15H33HgN2O3V-. The predicted molar refractivity (Wildman–Crippen MR) is 84.8 cm³/mol. The quantitative estimate of drug-likeness (QED) is 0.292. The fraction of sp³-hybridized carbons (Fsp3) is 0.800. The van der Waals surface area contributed by atoms with Crippen molar-refractivity contribution in [2.75, 3.05) is 33.9 Å². The van der Waals surface area contributed by atoms with E-state index in [1.165, 1.54) is 0 Å². The Balaban J connectivity index is -0.000000297. The van der Waals surface area contributed by atoms with Gasteiger partial charge in [-0.25, -0.2) is 0 Å². The topological polar surface area (TPSA) is 58.6 Å². The van der Waals surface area contributed by atoms with Crippen LogP contribution in [0.4, 0.5) is 0 Å². The third kappa shape index (κ3) is 20.4. The third-order valence-corrected chi connectivity index (χ3v) is 9.99. The van der Waals surface area contributed by atoms with Gasteiger partial charge in [0.15, 0.2) is 0 Å². The van der Waals surface area contributed by atoms with Crippen LogP contribution in [0.25, 0.3) is 0 Å². The smallest absolute Gasteiger partial charge is 0 e. The molecule has 0 aliphatic rings. The SMILES string of the molecule is CC.CC.[CH2-]COCCNC(=O)[CH2][Hg][CH](C)C(=O)N(C)C.[V]. The summed E-state index contributed by atoms with van der Waals surface area (Å²) in [4.78, 5) is 24.6. The molecule has 0 aromatic carbocycles. The van der Waals surface area contributed by atoms with Crippen molar-refractivity contribution in [3.05, 3.63) is 6.92 Å². The van der Waals surface area contributed by atoms with E-state index >= 15 is 0 Å². The molecule has 1 unspecified atom stereocenters. The molecule has 0 heterocycles. The number of nitrogens with one attached hydrogen (secondary N) is 1. The molecule has 0 bridgehead atoms. The summed E-state index contributed by atoms with van der Waals surface area (Å²) < 4.78 is 5.70. The Morgan fingerprint density at radius 1 is 1.23 bits per heavy atom. The molecule has 0 spiro atoms. The summed E-state index contributed by atoms with van der Waals surface area (Å²) in [5.74, 6) is 0.206. The minimum absolute atomic E-state index is 0. The Labute approximate surface area is 161 Å². The fourth-order valence-electron chi connectivity index (χ4n) is 1.36. The Hall–Kier alpha value is 0.419. The van der Waals surface area contributed by atoms with Gasteiger partial charge in [-0.2, -0.15) is 0 Å². The molecule has 5 nitrogen and oxygen atoms in total. The van der Waals surface area contributed by atoms with Crippen molar-refractivity contribution in [1.82, 2.24) is 10.2 Å². The molecule has 1 radical (unpaired) electrons. The van der Waals surface area contributed by atoms with Crippen LogP contribution in [-0.2, 0) is 57.5 Å². The number of carbonyl (C=O) groups is 2. The minimum atomic E-state index is -1.46. The van der Waals surface area contributed by atoms with Crippen LogP contribution in [0.5, 0.6) is 0 Å². The summed E-state index contributed by atoms with van der Waals surface area (Å²) in [5, 5.41) is 2.78. The van der Waals surface area contributed by atoms with Gasteiger partial charge in [0.1, 0.15) is 0 Å². The zero-order valence-corrected chi connectivity index (χ0v) is 22.3. The van der Waals surface area contributed by atoms with Gasteiger partial charge < -0.3 is 0 Å². The van der Waals surface area contributed by atoms with E-state index in [0.29, 0.717) is 23.7 Å². The Kier molecular flexibility index (Phi) is 32.6. The van der Waals surface area contributed by atoms with E-state index in [1.807, 2.05) is 34.6 Å². The van der Waals surface area contributed by atoms with Crippen LogP contribution in [0.2, 0.25) is 7.36 Å². The maximum atomic E-state index is 11.6. The Morgan fingerprint density at radius 2 is 1.73 bits per heavy atom. The third-order valence-electron chi connectivity index (χ3n) is 2.38. The molecule has 0 saturated heterocycles. The van der Waals surface area contributed by atoms with E-state index in [-0.39, 0.29) is 33.8 Å². The zero-order chi connectivity index (χ0) is 17.3. The van der Waals surface area contributed by atoms with Crippen molar-refractivity contribution in [3.63, 3.8) is 0 Å². The number of rotatable bonds is 8. The second-order valence-electron chi connectivity index (χ2n) is 4.13. The van der Waals surface area contributed by atoms with Gasteiger partial charge in [0, 0.05) is 18.6 Å². The molecule has 0 fully saturated rings. The monoisotopic (exact) mass is 542 g/mol. The van der Waals surface area contributed by atoms with Crippen LogP contribution >= 0.6 is 0 Å². The maximum Gasteiger partial charge on any atom is 0 e. The van der Waals surface area contributed by atoms with Crippen molar-refractivity contribution in [2.45, 2.75) is 42.0 Å². The van der Waals surface area contributed by atoms with Crippen molar-refractivity contribution in [1.29, 1.82) is 0 Å². The molecule has 0 aromatic rings. The summed E-state index contributed by atoms with van der Waals surface area (Å²) in [5.41, 5.74) is 0. The molecule has 2 amide bonds. The summed E-state index contributed by atoms with van der Waals surface area (Å²) >= 11 is -1.46.